The largest absolute Gasteiger partial charge is 0.310 e. The number of hydrogen-bond donors (Lipinski definition) is 2. The minimum atomic E-state index is -0.214. The van der Waals surface area contributed by atoms with Crippen molar-refractivity contribution < 1.29 is 4.79 Å². The van der Waals surface area contributed by atoms with E-state index in [4.69, 9.17) is 11.6 Å². The molecule has 0 saturated carbocycles. The molecule has 3 aromatic heterocycles. The summed E-state index contributed by atoms with van der Waals surface area (Å²) in [5, 5.41) is 15.4. The molecule has 3 heterocycles. The zero-order valence-corrected chi connectivity index (χ0v) is 18.6. The monoisotopic (exact) mass is 454 g/mol. The van der Waals surface area contributed by atoms with E-state index in [1.165, 1.54) is 16.4 Å². The SMILES string of the molecule is Cc1cc(C)nc(-n2nc(C)cc2NC(=O)CSc2n[nH]c(-c3ccc(Cl)cc3)n2)n1. The molecule has 1 amide bonds. The van der Waals surface area contributed by atoms with Crippen LogP contribution in [-0.4, -0.2) is 46.6 Å². The van der Waals surface area contributed by atoms with Gasteiger partial charge in [-0.15, -0.1) is 5.10 Å². The number of halogens is 1. The number of rotatable bonds is 6. The second-order valence-corrected chi connectivity index (χ2v) is 8.22. The summed E-state index contributed by atoms with van der Waals surface area (Å²) in [7, 11) is 0. The van der Waals surface area contributed by atoms with Crippen LogP contribution in [0.4, 0.5) is 5.82 Å². The molecule has 0 saturated heterocycles. The molecule has 2 N–H and O–H groups in total. The first-order valence-corrected chi connectivity index (χ1v) is 10.7. The summed E-state index contributed by atoms with van der Waals surface area (Å²) in [6.45, 7) is 5.62. The number of aryl methyl sites for hydroxylation is 3. The van der Waals surface area contributed by atoms with Crippen molar-refractivity contribution in [3.05, 3.63) is 58.5 Å². The zero-order valence-electron chi connectivity index (χ0n) is 17.0. The summed E-state index contributed by atoms with van der Waals surface area (Å²) >= 11 is 7.14. The minimum Gasteiger partial charge on any atom is -0.310 e. The van der Waals surface area contributed by atoms with Gasteiger partial charge >= 0.3 is 0 Å². The molecule has 0 radical (unpaired) electrons. The number of carbonyl (C=O) groups is 1. The maximum atomic E-state index is 12.5. The maximum absolute atomic E-state index is 12.5. The van der Waals surface area contributed by atoms with Crippen LogP contribution in [0, 0.1) is 20.8 Å². The van der Waals surface area contributed by atoms with Gasteiger partial charge in [0.05, 0.1) is 11.4 Å². The Balaban J connectivity index is 1.43. The molecule has 4 aromatic rings. The third kappa shape index (κ3) is 5.09. The number of carbonyl (C=O) groups excluding carboxylic acids is 1. The van der Waals surface area contributed by atoms with Crippen LogP contribution in [0.2, 0.25) is 5.02 Å². The molecule has 1 aromatic carbocycles. The van der Waals surface area contributed by atoms with Crippen molar-refractivity contribution >= 4 is 35.1 Å². The number of nitrogens with zero attached hydrogens (tertiary/aromatic N) is 6. The number of aromatic amines is 1. The Morgan fingerprint density at radius 2 is 1.77 bits per heavy atom. The standard InChI is InChI=1S/C20H19ClN8OS/c1-11-8-12(2)23-19(22-11)29-16(9-13(3)28-29)24-17(30)10-31-20-25-18(26-27-20)14-4-6-15(21)7-5-14/h4-9H,10H2,1-3H3,(H,24,30)(H,25,26,27). The quantitative estimate of drug-likeness (QED) is 0.426. The smallest absolute Gasteiger partial charge is 0.252 e. The highest BCUT2D eigenvalue weighted by atomic mass is 35.5. The zero-order chi connectivity index (χ0) is 22.0. The summed E-state index contributed by atoms with van der Waals surface area (Å²) < 4.78 is 1.53. The Morgan fingerprint density at radius 1 is 1.06 bits per heavy atom. The molecular formula is C20H19ClN8OS. The van der Waals surface area contributed by atoms with E-state index in [1.54, 1.807) is 18.2 Å². The van der Waals surface area contributed by atoms with Crippen LogP contribution in [-0.2, 0) is 4.79 Å². The third-order valence-electron chi connectivity index (χ3n) is 4.17. The minimum absolute atomic E-state index is 0.135. The van der Waals surface area contributed by atoms with E-state index in [9.17, 15) is 4.79 Å². The van der Waals surface area contributed by atoms with Crippen molar-refractivity contribution in [3.63, 3.8) is 0 Å². The number of amides is 1. The fraction of sp³-hybridized carbons (Fsp3) is 0.200. The van der Waals surface area contributed by atoms with Gasteiger partial charge in [-0.1, -0.05) is 23.4 Å². The van der Waals surface area contributed by atoms with Gasteiger partial charge in [0.25, 0.3) is 5.95 Å². The van der Waals surface area contributed by atoms with Crippen LogP contribution < -0.4 is 5.32 Å². The molecule has 0 bridgehead atoms. The van der Waals surface area contributed by atoms with Gasteiger partial charge in [-0.25, -0.2) is 15.0 Å². The van der Waals surface area contributed by atoms with E-state index in [0.717, 1.165) is 22.6 Å². The molecule has 0 aliphatic rings. The van der Waals surface area contributed by atoms with Gasteiger partial charge in [-0.2, -0.15) is 9.78 Å². The fourth-order valence-electron chi connectivity index (χ4n) is 2.90. The van der Waals surface area contributed by atoms with Crippen molar-refractivity contribution in [1.82, 2.24) is 34.9 Å². The maximum Gasteiger partial charge on any atom is 0.252 e. The predicted octanol–water partition coefficient (Wildman–Crippen LogP) is 3.76. The van der Waals surface area contributed by atoms with Crippen LogP contribution in [0.1, 0.15) is 17.1 Å². The highest BCUT2D eigenvalue weighted by Crippen LogP contribution is 2.21. The number of hydrogen-bond acceptors (Lipinski definition) is 7. The molecule has 0 unspecified atom stereocenters. The van der Waals surface area contributed by atoms with Gasteiger partial charge in [-0.05, 0) is 51.1 Å². The number of anilines is 1. The lowest BCUT2D eigenvalue weighted by Gasteiger charge is -2.08. The fourth-order valence-corrected chi connectivity index (χ4v) is 3.62. The summed E-state index contributed by atoms with van der Waals surface area (Å²) in [5.41, 5.74) is 3.25. The van der Waals surface area contributed by atoms with Crippen LogP contribution in [0.15, 0.2) is 41.6 Å². The summed E-state index contributed by atoms with van der Waals surface area (Å²) in [6.07, 6.45) is 0. The van der Waals surface area contributed by atoms with Crippen molar-refractivity contribution in [3.8, 4) is 17.3 Å². The van der Waals surface area contributed by atoms with E-state index in [2.05, 4.69) is 35.6 Å². The van der Waals surface area contributed by atoms with Crippen LogP contribution >= 0.6 is 23.4 Å². The van der Waals surface area contributed by atoms with E-state index in [0.29, 0.717) is 27.8 Å². The molecule has 0 aliphatic heterocycles. The molecule has 0 aliphatic carbocycles. The second-order valence-electron chi connectivity index (χ2n) is 6.84. The van der Waals surface area contributed by atoms with Gasteiger partial charge in [0.2, 0.25) is 11.1 Å². The average molecular weight is 455 g/mol. The first kappa shape index (κ1) is 21.0. The number of nitrogens with one attached hydrogen (secondary N) is 2. The predicted molar refractivity (Wildman–Crippen MR) is 120 cm³/mol. The second kappa shape index (κ2) is 8.86. The number of H-pyrrole nitrogens is 1. The van der Waals surface area contributed by atoms with Crippen LogP contribution in [0.5, 0.6) is 0 Å². The van der Waals surface area contributed by atoms with Gasteiger partial charge in [0.15, 0.2) is 5.82 Å². The molecule has 4 rings (SSSR count). The first-order valence-electron chi connectivity index (χ1n) is 9.38. The lowest BCUT2D eigenvalue weighted by atomic mass is 10.2. The number of aromatic nitrogens is 7. The Bertz CT molecular complexity index is 1210. The van der Waals surface area contributed by atoms with E-state index in [-0.39, 0.29) is 11.7 Å². The van der Waals surface area contributed by atoms with E-state index >= 15 is 0 Å². The van der Waals surface area contributed by atoms with Crippen LogP contribution in [0.3, 0.4) is 0 Å². The molecule has 11 heteroatoms. The number of benzene rings is 1. The van der Waals surface area contributed by atoms with E-state index in [1.807, 2.05) is 39.0 Å². The third-order valence-corrected chi connectivity index (χ3v) is 5.27. The Morgan fingerprint density at radius 3 is 2.48 bits per heavy atom. The van der Waals surface area contributed by atoms with Crippen molar-refractivity contribution in [1.29, 1.82) is 0 Å². The van der Waals surface area contributed by atoms with E-state index < -0.39 is 0 Å². The van der Waals surface area contributed by atoms with Crippen molar-refractivity contribution in [2.45, 2.75) is 25.9 Å². The molecule has 0 atom stereocenters. The van der Waals surface area contributed by atoms with Crippen LogP contribution in [0.25, 0.3) is 17.3 Å². The van der Waals surface area contributed by atoms with Crippen molar-refractivity contribution in [2.75, 3.05) is 11.1 Å². The molecule has 31 heavy (non-hydrogen) atoms. The lowest BCUT2D eigenvalue weighted by Crippen LogP contribution is -2.18. The molecular weight excluding hydrogens is 436 g/mol. The van der Waals surface area contributed by atoms with Crippen molar-refractivity contribution in [2.24, 2.45) is 0 Å². The Kier molecular flexibility index (Phi) is 6.01. The van der Waals surface area contributed by atoms with Gasteiger partial charge < -0.3 is 5.32 Å². The van der Waals surface area contributed by atoms with Gasteiger partial charge in [0.1, 0.15) is 5.82 Å². The highest BCUT2D eigenvalue weighted by Gasteiger charge is 2.15. The molecule has 0 fully saturated rings. The summed E-state index contributed by atoms with van der Waals surface area (Å²) in [5.74, 6) is 1.45. The molecule has 158 valence electrons. The Labute approximate surface area is 187 Å². The molecule has 0 spiro atoms. The highest BCUT2D eigenvalue weighted by molar-refractivity contribution is 7.99. The summed E-state index contributed by atoms with van der Waals surface area (Å²) in [6, 6.07) is 10.9. The average Bonchev–Trinajstić information content (AvgIpc) is 3.33. The van der Waals surface area contributed by atoms with Gasteiger partial charge in [0, 0.05) is 28.0 Å². The first-order chi connectivity index (χ1) is 14.9. The summed E-state index contributed by atoms with van der Waals surface area (Å²) in [4.78, 5) is 25.8. The van der Waals surface area contributed by atoms with Gasteiger partial charge in [-0.3, -0.25) is 9.89 Å². The Hall–Kier alpha value is -3.24. The number of thioether (sulfide) groups is 1. The normalized spacial score (nSPS) is 11.0. The molecule has 9 nitrogen and oxygen atoms in total. The topological polar surface area (TPSA) is 114 Å². The lowest BCUT2D eigenvalue weighted by molar-refractivity contribution is -0.113.